The molecule has 0 fully saturated rings. The van der Waals surface area contributed by atoms with Crippen LogP contribution in [-0.2, 0) is 14.4 Å². The SMILES string of the molecule is CC(C)=CCC1(CC=C(C)C)C=C(C(=O)CC(C)C)C(O)=C(C(=O)CC(C)C)C1=O. The Kier molecular flexibility index (Phi) is 9.20. The first-order chi connectivity index (χ1) is 13.8. The lowest BCUT2D eigenvalue weighted by Crippen LogP contribution is -2.38. The van der Waals surface area contributed by atoms with Gasteiger partial charge in [-0.05, 0) is 52.4 Å². The zero-order valence-electron chi connectivity index (χ0n) is 19.9. The molecule has 0 aromatic rings. The summed E-state index contributed by atoms with van der Waals surface area (Å²) in [5, 5.41) is 10.9. The van der Waals surface area contributed by atoms with E-state index in [0.717, 1.165) is 11.1 Å². The van der Waals surface area contributed by atoms with Crippen molar-refractivity contribution in [2.24, 2.45) is 17.3 Å². The highest BCUT2D eigenvalue weighted by atomic mass is 16.3. The number of Topliss-reactive ketones (excluding diaryl/α,β-unsaturated/α-hetero) is 3. The predicted octanol–water partition coefficient (Wildman–Crippen LogP) is 6.24. The Hall–Kier alpha value is -2.23. The highest BCUT2D eigenvalue weighted by molar-refractivity contribution is 6.25. The van der Waals surface area contributed by atoms with Gasteiger partial charge in [0.1, 0.15) is 11.3 Å². The van der Waals surface area contributed by atoms with Crippen molar-refractivity contribution >= 4 is 17.3 Å². The molecule has 0 heterocycles. The van der Waals surface area contributed by atoms with Crippen molar-refractivity contribution in [2.75, 3.05) is 0 Å². The van der Waals surface area contributed by atoms with Gasteiger partial charge in [0.15, 0.2) is 17.3 Å². The molecule has 4 heteroatoms. The number of aliphatic hydroxyl groups is 1. The molecule has 0 aliphatic heterocycles. The molecule has 0 aromatic carbocycles. The zero-order chi connectivity index (χ0) is 23.2. The molecule has 1 rings (SSSR count). The highest BCUT2D eigenvalue weighted by Crippen LogP contribution is 2.42. The molecule has 0 bridgehead atoms. The van der Waals surface area contributed by atoms with Crippen molar-refractivity contribution in [3.8, 4) is 0 Å². The second-order valence-electron chi connectivity index (χ2n) is 9.78. The average Bonchev–Trinajstić information content (AvgIpc) is 2.59. The molecule has 0 saturated carbocycles. The van der Waals surface area contributed by atoms with Crippen molar-refractivity contribution in [1.29, 1.82) is 0 Å². The number of hydrogen-bond donors (Lipinski definition) is 1. The van der Waals surface area contributed by atoms with Gasteiger partial charge in [-0.3, -0.25) is 14.4 Å². The van der Waals surface area contributed by atoms with E-state index < -0.39 is 17.0 Å². The first-order valence-electron chi connectivity index (χ1n) is 10.8. The molecular formula is C26H38O4. The number of allylic oxidation sites excluding steroid dienone is 7. The molecule has 1 N–H and O–H groups in total. The first-order valence-corrected chi connectivity index (χ1v) is 10.8. The van der Waals surface area contributed by atoms with Crippen LogP contribution in [0.1, 0.15) is 81.1 Å². The Labute approximate surface area is 181 Å². The first kappa shape index (κ1) is 25.8. The maximum atomic E-state index is 13.6. The number of aliphatic hydroxyl groups excluding tert-OH is 1. The van der Waals surface area contributed by atoms with Crippen LogP contribution in [0.4, 0.5) is 0 Å². The van der Waals surface area contributed by atoms with Gasteiger partial charge in [0.2, 0.25) is 0 Å². The van der Waals surface area contributed by atoms with Crippen LogP contribution in [0.3, 0.4) is 0 Å². The standard InChI is InChI=1S/C26H38O4/c1-16(2)9-11-26(12-10-17(3)4)15-20(21(27)13-18(5)6)24(29)23(25(26)30)22(28)14-19(7)8/h9-10,15,18-19,29H,11-14H2,1-8H3. The Bertz CT molecular complexity index is 788. The van der Waals surface area contributed by atoms with Gasteiger partial charge in [-0.2, -0.15) is 0 Å². The monoisotopic (exact) mass is 414 g/mol. The minimum absolute atomic E-state index is 0.0382. The van der Waals surface area contributed by atoms with E-state index in [4.69, 9.17) is 0 Å². The maximum absolute atomic E-state index is 13.6. The van der Waals surface area contributed by atoms with E-state index in [0.29, 0.717) is 12.8 Å². The lowest BCUT2D eigenvalue weighted by Gasteiger charge is -2.33. The van der Waals surface area contributed by atoms with E-state index in [1.807, 2.05) is 67.5 Å². The highest BCUT2D eigenvalue weighted by Gasteiger charge is 2.45. The van der Waals surface area contributed by atoms with Crippen molar-refractivity contribution in [2.45, 2.75) is 81.1 Å². The zero-order valence-corrected chi connectivity index (χ0v) is 19.9. The van der Waals surface area contributed by atoms with Crippen LogP contribution in [0.2, 0.25) is 0 Å². The van der Waals surface area contributed by atoms with E-state index in [2.05, 4.69) is 0 Å². The van der Waals surface area contributed by atoms with E-state index in [1.165, 1.54) is 0 Å². The van der Waals surface area contributed by atoms with Gasteiger partial charge in [-0.1, -0.05) is 57.1 Å². The second kappa shape index (κ2) is 10.7. The lowest BCUT2D eigenvalue weighted by atomic mass is 9.67. The molecule has 0 unspecified atom stereocenters. The Morgan fingerprint density at radius 2 is 1.33 bits per heavy atom. The third-order valence-corrected chi connectivity index (χ3v) is 5.11. The molecule has 1 aliphatic rings. The average molecular weight is 415 g/mol. The van der Waals surface area contributed by atoms with Crippen molar-refractivity contribution in [3.63, 3.8) is 0 Å². The van der Waals surface area contributed by atoms with Gasteiger partial charge in [0.05, 0.1) is 11.0 Å². The van der Waals surface area contributed by atoms with Crippen LogP contribution in [0, 0.1) is 17.3 Å². The number of ketones is 3. The summed E-state index contributed by atoms with van der Waals surface area (Å²) in [5.74, 6) is -1.32. The Morgan fingerprint density at radius 1 is 0.900 bits per heavy atom. The normalized spacial score (nSPS) is 15.9. The summed E-state index contributed by atoms with van der Waals surface area (Å²) in [7, 11) is 0. The van der Waals surface area contributed by atoms with Crippen molar-refractivity contribution in [1.82, 2.24) is 0 Å². The summed E-state index contributed by atoms with van der Waals surface area (Å²) in [6.07, 6.45) is 6.70. The lowest BCUT2D eigenvalue weighted by molar-refractivity contribution is -0.126. The van der Waals surface area contributed by atoms with Gasteiger partial charge in [-0.25, -0.2) is 0 Å². The van der Waals surface area contributed by atoms with Crippen LogP contribution >= 0.6 is 0 Å². The summed E-state index contributed by atoms with van der Waals surface area (Å²) in [6.45, 7) is 15.5. The molecular weight excluding hydrogens is 376 g/mol. The summed E-state index contributed by atoms with van der Waals surface area (Å²) < 4.78 is 0. The van der Waals surface area contributed by atoms with Gasteiger partial charge < -0.3 is 5.11 Å². The van der Waals surface area contributed by atoms with Crippen LogP contribution in [0.5, 0.6) is 0 Å². The van der Waals surface area contributed by atoms with Crippen LogP contribution < -0.4 is 0 Å². The number of rotatable bonds is 10. The van der Waals surface area contributed by atoms with Crippen LogP contribution in [0.25, 0.3) is 0 Å². The number of hydrogen-bond acceptors (Lipinski definition) is 4. The van der Waals surface area contributed by atoms with Crippen molar-refractivity contribution < 1.29 is 19.5 Å². The molecule has 0 radical (unpaired) electrons. The minimum atomic E-state index is -1.05. The van der Waals surface area contributed by atoms with E-state index in [9.17, 15) is 19.5 Å². The molecule has 0 atom stereocenters. The van der Waals surface area contributed by atoms with Gasteiger partial charge in [0, 0.05) is 12.8 Å². The summed E-state index contributed by atoms with van der Waals surface area (Å²) in [5.41, 5.74) is 0.959. The quantitative estimate of drug-likeness (QED) is 0.339. The van der Waals surface area contributed by atoms with E-state index >= 15 is 0 Å². The van der Waals surface area contributed by atoms with Crippen LogP contribution in [-0.4, -0.2) is 22.5 Å². The van der Waals surface area contributed by atoms with Gasteiger partial charge >= 0.3 is 0 Å². The smallest absolute Gasteiger partial charge is 0.180 e. The number of carbonyl (C=O) groups is 3. The van der Waals surface area contributed by atoms with Crippen LogP contribution in [0.15, 0.2) is 46.3 Å². The fourth-order valence-electron chi connectivity index (χ4n) is 3.49. The second-order valence-corrected chi connectivity index (χ2v) is 9.78. The minimum Gasteiger partial charge on any atom is -0.506 e. The Balaban J connectivity index is 3.73. The van der Waals surface area contributed by atoms with E-state index in [-0.39, 0.29) is 47.4 Å². The molecule has 1 aliphatic carbocycles. The molecule has 0 saturated heterocycles. The van der Waals surface area contributed by atoms with E-state index in [1.54, 1.807) is 6.08 Å². The topological polar surface area (TPSA) is 71.4 Å². The molecule has 0 aromatic heterocycles. The molecule has 30 heavy (non-hydrogen) atoms. The summed E-state index contributed by atoms with van der Waals surface area (Å²) in [6, 6.07) is 0. The van der Waals surface area contributed by atoms with Crippen molar-refractivity contribution in [3.05, 3.63) is 46.3 Å². The van der Waals surface area contributed by atoms with Gasteiger partial charge in [-0.15, -0.1) is 0 Å². The third kappa shape index (κ3) is 6.65. The fourth-order valence-corrected chi connectivity index (χ4v) is 3.49. The third-order valence-electron chi connectivity index (χ3n) is 5.11. The maximum Gasteiger partial charge on any atom is 0.180 e. The Morgan fingerprint density at radius 3 is 1.73 bits per heavy atom. The molecule has 0 spiro atoms. The number of carbonyl (C=O) groups excluding carboxylic acids is 3. The molecule has 0 amide bonds. The predicted molar refractivity (Wildman–Crippen MR) is 122 cm³/mol. The summed E-state index contributed by atoms with van der Waals surface area (Å²) in [4.78, 5) is 39.6. The molecule has 166 valence electrons. The summed E-state index contributed by atoms with van der Waals surface area (Å²) >= 11 is 0. The fraction of sp³-hybridized carbons (Fsp3) is 0.577. The van der Waals surface area contributed by atoms with Gasteiger partial charge in [0.25, 0.3) is 0 Å². The largest absolute Gasteiger partial charge is 0.506 e. The molecule has 4 nitrogen and oxygen atoms in total.